The number of benzene rings is 1. The molecule has 0 bridgehead atoms. The molecule has 0 aliphatic heterocycles. The zero-order chi connectivity index (χ0) is 10.2. The van der Waals surface area contributed by atoms with Gasteiger partial charge in [0.15, 0.2) is 0 Å². The van der Waals surface area contributed by atoms with Gasteiger partial charge in [0.1, 0.15) is 5.75 Å². The van der Waals surface area contributed by atoms with E-state index in [1.165, 1.54) is 5.56 Å². The third-order valence-corrected chi connectivity index (χ3v) is 2.35. The highest BCUT2D eigenvalue weighted by molar-refractivity contribution is 5.43. The van der Waals surface area contributed by atoms with Gasteiger partial charge >= 0.3 is 0 Å². The number of hydrogen-bond acceptors (Lipinski definition) is 1. The van der Waals surface area contributed by atoms with E-state index in [1.807, 2.05) is 19.9 Å². The van der Waals surface area contributed by atoms with Gasteiger partial charge in [-0.25, -0.2) is 0 Å². The second kappa shape index (κ2) is 3.06. The monoisotopic (exact) mass is 178 g/mol. The fourth-order valence-electron chi connectivity index (χ4n) is 1.61. The van der Waals surface area contributed by atoms with Crippen LogP contribution in [0.1, 0.15) is 37.5 Å². The standard InChI is InChI=1S/C12H18O/c1-8-7-11(13)9(2)6-10(8)12(3,4)5/h6-7,13H,1-5H3. The van der Waals surface area contributed by atoms with E-state index in [0.717, 1.165) is 11.1 Å². The molecule has 0 heterocycles. The van der Waals surface area contributed by atoms with E-state index < -0.39 is 0 Å². The van der Waals surface area contributed by atoms with Crippen molar-refractivity contribution in [3.05, 3.63) is 28.8 Å². The lowest BCUT2D eigenvalue weighted by Gasteiger charge is -2.22. The van der Waals surface area contributed by atoms with Crippen molar-refractivity contribution in [3.8, 4) is 5.75 Å². The first-order chi connectivity index (χ1) is 5.82. The van der Waals surface area contributed by atoms with Gasteiger partial charge in [-0.15, -0.1) is 0 Å². The SMILES string of the molecule is Cc1cc(C(C)(C)C)c(C)cc1O. The summed E-state index contributed by atoms with van der Waals surface area (Å²) >= 11 is 0. The average Bonchev–Trinajstić information content (AvgIpc) is 1.94. The summed E-state index contributed by atoms with van der Waals surface area (Å²) in [5, 5.41) is 9.49. The second-order valence-corrected chi connectivity index (χ2v) is 4.70. The molecule has 1 aromatic rings. The Morgan fingerprint density at radius 3 is 2.00 bits per heavy atom. The number of phenols is 1. The minimum absolute atomic E-state index is 0.155. The summed E-state index contributed by atoms with van der Waals surface area (Å²) in [5.41, 5.74) is 3.58. The average molecular weight is 178 g/mol. The molecule has 1 heteroatoms. The van der Waals surface area contributed by atoms with Crippen LogP contribution in [0.15, 0.2) is 12.1 Å². The third kappa shape index (κ3) is 2.03. The second-order valence-electron chi connectivity index (χ2n) is 4.70. The molecule has 0 fully saturated rings. The largest absolute Gasteiger partial charge is 0.508 e. The van der Waals surface area contributed by atoms with Crippen molar-refractivity contribution in [2.75, 3.05) is 0 Å². The highest BCUT2D eigenvalue weighted by Crippen LogP contribution is 2.30. The van der Waals surface area contributed by atoms with Crippen LogP contribution in [-0.4, -0.2) is 5.11 Å². The first kappa shape index (κ1) is 10.1. The van der Waals surface area contributed by atoms with E-state index in [1.54, 1.807) is 0 Å². The Morgan fingerprint density at radius 1 is 1.00 bits per heavy atom. The topological polar surface area (TPSA) is 20.2 Å². The van der Waals surface area contributed by atoms with Gasteiger partial charge in [0.25, 0.3) is 0 Å². The Kier molecular flexibility index (Phi) is 2.38. The van der Waals surface area contributed by atoms with Crippen LogP contribution in [0.2, 0.25) is 0 Å². The van der Waals surface area contributed by atoms with Crippen molar-refractivity contribution in [2.24, 2.45) is 0 Å². The molecule has 0 atom stereocenters. The first-order valence-electron chi connectivity index (χ1n) is 4.63. The molecule has 1 N–H and O–H groups in total. The Morgan fingerprint density at radius 2 is 1.54 bits per heavy atom. The van der Waals surface area contributed by atoms with Crippen molar-refractivity contribution in [1.82, 2.24) is 0 Å². The van der Waals surface area contributed by atoms with Crippen LogP contribution in [0.4, 0.5) is 0 Å². The summed E-state index contributed by atoms with van der Waals surface area (Å²) in [4.78, 5) is 0. The highest BCUT2D eigenvalue weighted by atomic mass is 16.3. The fourth-order valence-corrected chi connectivity index (χ4v) is 1.61. The lowest BCUT2D eigenvalue weighted by Crippen LogP contribution is -2.13. The van der Waals surface area contributed by atoms with Crippen LogP contribution in [-0.2, 0) is 5.41 Å². The summed E-state index contributed by atoms with van der Waals surface area (Å²) in [5.74, 6) is 0.394. The lowest BCUT2D eigenvalue weighted by atomic mass is 9.83. The van der Waals surface area contributed by atoms with Gasteiger partial charge in [0.2, 0.25) is 0 Å². The minimum Gasteiger partial charge on any atom is -0.508 e. The molecule has 0 aliphatic rings. The van der Waals surface area contributed by atoms with Gasteiger partial charge in [-0.3, -0.25) is 0 Å². The number of aromatic hydroxyl groups is 1. The summed E-state index contributed by atoms with van der Waals surface area (Å²) < 4.78 is 0. The van der Waals surface area contributed by atoms with Crippen LogP contribution in [0.3, 0.4) is 0 Å². The van der Waals surface area contributed by atoms with Crippen molar-refractivity contribution in [2.45, 2.75) is 40.0 Å². The fraction of sp³-hybridized carbons (Fsp3) is 0.500. The highest BCUT2D eigenvalue weighted by Gasteiger charge is 2.17. The number of aryl methyl sites for hydroxylation is 2. The van der Waals surface area contributed by atoms with Gasteiger partial charge in [-0.05, 0) is 42.0 Å². The molecule has 0 saturated carbocycles. The van der Waals surface area contributed by atoms with E-state index in [-0.39, 0.29) is 5.41 Å². The predicted molar refractivity (Wildman–Crippen MR) is 56.3 cm³/mol. The van der Waals surface area contributed by atoms with Crippen LogP contribution < -0.4 is 0 Å². The van der Waals surface area contributed by atoms with E-state index in [9.17, 15) is 5.11 Å². The zero-order valence-electron chi connectivity index (χ0n) is 9.10. The van der Waals surface area contributed by atoms with Crippen molar-refractivity contribution >= 4 is 0 Å². The Balaban J connectivity index is 3.32. The normalized spacial score (nSPS) is 11.8. The lowest BCUT2D eigenvalue weighted by molar-refractivity contribution is 0.469. The summed E-state index contributed by atoms with van der Waals surface area (Å²) in [6, 6.07) is 3.92. The van der Waals surface area contributed by atoms with E-state index >= 15 is 0 Å². The Hall–Kier alpha value is -0.980. The molecule has 0 unspecified atom stereocenters. The molecule has 13 heavy (non-hydrogen) atoms. The summed E-state index contributed by atoms with van der Waals surface area (Å²) in [7, 11) is 0. The molecule has 0 aliphatic carbocycles. The summed E-state index contributed by atoms with van der Waals surface area (Å²) in [6.07, 6.45) is 0. The van der Waals surface area contributed by atoms with Gasteiger partial charge < -0.3 is 5.11 Å². The van der Waals surface area contributed by atoms with Gasteiger partial charge in [-0.2, -0.15) is 0 Å². The molecule has 1 nitrogen and oxygen atoms in total. The van der Waals surface area contributed by atoms with Crippen molar-refractivity contribution in [1.29, 1.82) is 0 Å². The zero-order valence-corrected chi connectivity index (χ0v) is 9.10. The van der Waals surface area contributed by atoms with E-state index in [4.69, 9.17) is 0 Å². The molecule has 0 spiro atoms. The van der Waals surface area contributed by atoms with Gasteiger partial charge in [0.05, 0.1) is 0 Å². The Bertz CT molecular complexity index is 319. The molecular weight excluding hydrogens is 160 g/mol. The summed E-state index contributed by atoms with van der Waals surface area (Å²) in [6.45, 7) is 10.5. The van der Waals surface area contributed by atoms with Crippen LogP contribution in [0, 0.1) is 13.8 Å². The quantitative estimate of drug-likeness (QED) is 0.646. The van der Waals surface area contributed by atoms with E-state index in [0.29, 0.717) is 5.75 Å². The molecule has 0 amide bonds. The molecule has 1 aromatic carbocycles. The third-order valence-electron chi connectivity index (χ3n) is 2.35. The Labute approximate surface area is 80.4 Å². The van der Waals surface area contributed by atoms with Crippen LogP contribution in [0.5, 0.6) is 5.75 Å². The predicted octanol–water partition coefficient (Wildman–Crippen LogP) is 3.31. The number of hydrogen-bond donors (Lipinski definition) is 1. The molecule has 0 saturated heterocycles. The molecular formula is C12H18O. The van der Waals surface area contributed by atoms with Crippen LogP contribution >= 0.6 is 0 Å². The molecule has 0 aromatic heterocycles. The van der Waals surface area contributed by atoms with Gasteiger partial charge in [-0.1, -0.05) is 26.8 Å². The van der Waals surface area contributed by atoms with Crippen molar-refractivity contribution < 1.29 is 5.11 Å². The van der Waals surface area contributed by atoms with Crippen LogP contribution in [0.25, 0.3) is 0 Å². The smallest absolute Gasteiger partial charge is 0.118 e. The first-order valence-corrected chi connectivity index (χ1v) is 4.63. The van der Waals surface area contributed by atoms with Crippen molar-refractivity contribution in [3.63, 3.8) is 0 Å². The maximum Gasteiger partial charge on any atom is 0.118 e. The minimum atomic E-state index is 0.155. The maximum atomic E-state index is 9.49. The molecule has 72 valence electrons. The number of phenolic OH excluding ortho intramolecular Hbond substituents is 1. The van der Waals surface area contributed by atoms with E-state index in [2.05, 4.69) is 26.8 Å². The van der Waals surface area contributed by atoms with Gasteiger partial charge in [0, 0.05) is 0 Å². The molecule has 1 rings (SSSR count). The number of rotatable bonds is 0. The molecule has 0 radical (unpaired) electrons. The maximum absolute atomic E-state index is 9.49.